The van der Waals surface area contributed by atoms with Gasteiger partial charge in [0.05, 0.1) is 16.8 Å². The topological polar surface area (TPSA) is 80.4 Å². The molecule has 0 saturated heterocycles. The summed E-state index contributed by atoms with van der Waals surface area (Å²) in [6.07, 6.45) is 2.07. The number of benzene rings is 1. The molecule has 0 spiro atoms. The summed E-state index contributed by atoms with van der Waals surface area (Å²) >= 11 is 0. The number of rotatable bonds is 4. The third-order valence-corrected chi connectivity index (χ3v) is 4.91. The van der Waals surface area contributed by atoms with E-state index in [0.29, 0.717) is 4.90 Å². The first-order valence-corrected chi connectivity index (χ1v) is 7.41. The van der Waals surface area contributed by atoms with Crippen LogP contribution in [0.4, 0.5) is 0 Å². The van der Waals surface area contributed by atoms with Gasteiger partial charge >= 0.3 is 0 Å². The van der Waals surface area contributed by atoms with Crippen molar-refractivity contribution in [3.05, 3.63) is 29.3 Å². The van der Waals surface area contributed by atoms with Gasteiger partial charge in [-0.1, -0.05) is 6.07 Å². The van der Waals surface area contributed by atoms with Gasteiger partial charge in [0.1, 0.15) is 0 Å². The number of nitrogens with two attached hydrogens (primary N) is 1. The van der Waals surface area contributed by atoms with Gasteiger partial charge in [0.25, 0.3) is 0 Å². The molecule has 0 heterocycles. The van der Waals surface area contributed by atoms with E-state index in [2.05, 4.69) is 0 Å². The van der Waals surface area contributed by atoms with Gasteiger partial charge < -0.3 is 10.8 Å². The first-order valence-electron chi connectivity index (χ1n) is 5.75. The molecule has 0 saturated carbocycles. The number of hydrogen-bond donors (Lipinski definition) is 2. The van der Waals surface area contributed by atoms with E-state index in [1.165, 1.54) is 5.56 Å². The zero-order valence-corrected chi connectivity index (χ0v) is 10.4. The summed E-state index contributed by atoms with van der Waals surface area (Å²) in [6, 6.07) is 5.24. The van der Waals surface area contributed by atoms with Crippen LogP contribution in [0.25, 0.3) is 0 Å². The van der Waals surface area contributed by atoms with Crippen molar-refractivity contribution >= 4 is 9.84 Å². The van der Waals surface area contributed by atoms with E-state index in [1.807, 2.05) is 6.07 Å². The molecule has 5 heteroatoms. The summed E-state index contributed by atoms with van der Waals surface area (Å²) in [7, 11) is -3.42. The third kappa shape index (κ3) is 2.68. The van der Waals surface area contributed by atoms with Crippen molar-refractivity contribution in [3.8, 4) is 0 Å². The quantitative estimate of drug-likeness (QED) is 0.809. The van der Waals surface area contributed by atoms with Crippen molar-refractivity contribution in [2.24, 2.45) is 5.73 Å². The Hall–Kier alpha value is -0.910. The Labute approximate surface area is 101 Å². The minimum Gasteiger partial charge on any atom is -0.391 e. The first-order chi connectivity index (χ1) is 8.03. The SMILES string of the molecule is NC[C@@H](O)CS(=O)(=O)c1ccc2c(c1)CCC2. The minimum atomic E-state index is -3.42. The Kier molecular flexibility index (Phi) is 3.51. The van der Waals surface area contributed by atoms with Crippen molar-refractivity contribution in [1.82, 2.24) is 0 Å². The molecule has 3 N–H and O–H groups in total. The summed E-state index contributed by atoms with van der Waals surface area (Å²) in [5, 5.41) is 9.34. The highest BCUT2D eigenvalue weighted by atomic mass is 32.2. The molecule has 0 amide bonds. The highest BCUT2D eigenvalue weighted by molar-refractivity contribution is 7.91. The average Bonchev–Trinajstić information content (AvgIpc) is 2.75. The molecule has 1 aliphatic rings. The van der Waals surface area contributed by atoms with Gasteiger partial charge in [-0.2, -0.15) is 0 Å². The monoisotopic (exact) mass is 255 g/mol. The molecule has 0 unspecified atom stereocenters. The zero-order chi connectivity index (χ0) is 12.5. The first kappa shape index (κ1) is 12.5. The summed E-state index contributed by atoms with van der Waals surface area (Å²) < 4.78 is 24.0. The van der Waals surface area contributed by atoms with Gasteiger partial charge in [0, 0.05) is 6.54 Å². The predicted octanol–water partition coefficient (Wildman–Crippen LogP) is 0.269. The Morgan fingerprint density at radius 3 is 2.71 bits per heavy atom. The lowest BCUT2D eigenvalue weighted by atomic mass is 10.1. The molecular formula is C12H17NO3S. The average molecular weight is 255 g/mol. The van der Waals surface area contributed by atoms with E-state index in [1.54, 1.807) is 12.1 Å². The van der Waals surface area contributed by atoms with Crippen LogP contribution in [0.3, 0.4) is 0 Å². The Morgan fingerprint density at radius 1 is 1.29 bits per heavy atom. The van der Waals surface area contributed by atoms with Crippen molar-refractivity contribution in [1.29, 1.82) is 0 Å². The van der Waals surface area contributed by atoms with Crippen molar-refractivity contribution in [2.45, 2.75) is 30.3 Å². The van der Waals surface area contributed by atoms with Crippen LogP contribution in [-0.4, -0.2) is 31.9 Å². The predicted molar refractivity (Wildman–Crippen MR) is 65.6 cm³/mol. The molecule has 0 aromatic heterocycles. The number of aliphatic hydroxyl groups is 1. The van der Waals surface area contributed by atoms with E-state index in [-0.39, 0.29) is 12.3 Å². The van der Waals surface area contributed by atoms with Crippen LogP contribution in [0.5, 0.6) is 0 Å². The molecule has 1 aromatic carbocycles. The minimum absolute atomic E-state index is 0.0375. The van der Waals surface area contributed by atoms with Crippen molar-refractivity contribution in [2.75, 3.05) is 12.3 Å². The van der Waals surface area contributed by atoms with E-state index < -0.39 is 15.9 Å². The fraction of sp³-hybridized carbons (Fsp3) is 0.500. The molecule has 4 nitrogen and oxygen atoms in total. The molecule has 0 fully saturated rings. The highest BCUT2D eigenvalue weighted by Gasteiger charge is 2.21. The van der Waals surface area contributed by atoms with Gasteiger partial charge in [0.2, 0.25) is 0 Å². The van der Waals surface area contributed by atoms with Crippen LogP contribution in [-0.2, 0) is 22.7 Å². The number of sulfone groups is 1. The van der Waals surface area contributed by atoms with E-state index in [4.69, 9.17) is 5.73 Å². The van der Waals surface area contributed by atoms with E-state index >= 15 is 0 Å². The molecule has 17 heavy (non-hydrogen) atoms. The van der Waals surface area contributed by atoms with Crippen molar-refractivity contribution < 1.29 is 13.5 Å². The van der Waals surface area contributed by atoms with Crippen LogP contribution in [0, 0.1) is 0 Å². The lowest BCUT2D eigenvalue weighted by Gasteiger charge is -2.10. The van der Waals surface area contributed by atoms with Crippen molar-refractivity contribution in [3.63, 3.8) is 0 Å². The van der Waals surface area contributed by atoms with Crippen LogP contribution in [0.15, 0.2) is 23.1 Å². The molecule has 0 bridgehead atoms. The lowest BCUT2D eigenvalue weighted by Crippen LogP contribution is -2.28. The number of fused-ring (bicyclic) bond motifs is 1. The second-order valence-electron chi connectivity index (χ2n) is 4.46. The maximum Gasteiger partial charge on any atom is 0.180 e. The smallest absolute Gasteiger partial charge is 0.180 e. The summed E-state index contributed by atoms with van der Waals surface area (Å²) in [4.78, 5) is 0.297. The van der Waals surface area contributed by atoms with E-state index in [0.717, 1.165) is 24.8 Å². The number of hydrogen-bond acceptors (Lipinski definition) is 4. The largest absolute Gasteiger partial charge is 0.391 e. The third-order valence-electron chi connectivity index (χ3n) is 3.11. The summed E-state index contributed by atoms with van der Waals surface area (Å²) in [6.45, 7) is -0.0375. The van der Waals surface area contributed by atoms with Gasteiger partial charge in [-0.05, 0) is 42.5 Å². The van der Waals surface area contributed by atoms with Crippen LogP contribution >= 0.6 is 0 Å². The summed E-state index contributed by atoms with van der Waals surface area (Å²) in [5.74, 6) is -0.303. The fourth-order valence-electron chi connectivity index (χ4n) is 2.16. The second kappa shape index (κ2) is 4.76. The molecule has 1 aromatic rings. The molecular weight excluding hydrogens is 238 g/mol. The fourth-order valence-corrected chi connectivity index (χ4v) is 3.59. The standard InChI is InChI=1S/C12H17NO3S/c13-7-11(14)8-17(15,16)12-5-4-9-2-1-3-10(9)6-12/h4-6,11,14H,1-3,7-8,13H2/t11-/m1/s1. The molecule has 2 rings (SSSR count). The molecule has 1 atom stereocenters. The van der Waals surface area contributed by atoms with Gasteiger partial charge in [-0.25, -0.2) is 8.42 Å². The second-order valence-corrected chi connectivity index (χ2v) is 6.49. The van der Waals surface area contributed by atoms with E-state index in [9.17, 15) is 13.5 Å². The zero-order valence-electron chi connectivity index (χ0n) is 9.59. The molecule has 94 valence electrons. The van der Waals surface area contributed by atoms with Gasteiger partial charge in [-0.15, -0.1) is 0 Å². The molecule has 1 aliphatic carbocycles. The molecule has 0 aliphatic heterocycles. The Balaban J connectivity index is 2.28. The van der Waals surface area contributed by atoms with Crippen LogP contribution < -0.4 is 5.73 Å². The van der Waals surface area contributed by atoms with Gasteiger partial charge in [-0.3, -0.25) is 0 Å². The van der Waals surface area contributed by atoms with Crippen LogP contribution in [0.2, 0.25) is 0 Å². The maximum absolute atomic E-state index is 12.0. The molecule has 0 radical (unpaired) electrons. The van der Waals surface area contributed by atoms with Crippen LogP contribution in [0.1, 0.15) is 17.5 Å². The summed E-state index contributed by atoms with van der Waals surface area (Å²) in [5.41, 5.74) is 7.59. The maximum atomic E-state index is 12.0. The normalized spacial score (nSPS) is 16.8. The Morgan fingerprint density at radius 2 is 2.00 bits per heavy atom. The number of aliphatic hydroxyl groups excluding tert-OH is 1. The van der Waals surface area contributed by atoms with Gasteiger partial charge in [0.15, 0.2) is 9.84 Å². The lowest BCUT2D eigenvalue weighted by molar-refractivity contribution is 0.205. The number of aryl methyl sites for hydroxylation is 2. The Bertz CT molecular complexity index is 510. The highest BCUT2D eigenvalue weighted by Crippen LogP contribution is 2.25.